The molecule has 0 aliphatic carbocycles. The van der Waals surface area contributed by atoms with E-state index >= 15 is 0 Å². The molecule has 7 nitrogen and oxygen atoms in total. The zero-order chi connectivity index (χ0) is 29.1. The predicted molar refractivity (Wildman–Crippen MR) is 164 cm³/mol. The molecule has 2 aromatic carbocycles. The first kappa shape index (κ1) is 29.2. The molecule has 1 aliphatic heterocycles. The van der Waals surface area contributed by atoms with Crippen molar-refractivity contribution in [2.24, 2.45) is 4.99 Å². The van der Waals surface area contributed by atoms with E-state index in [1.807, 2.05) is 56.3 Å². The number of ether oxygens (including phenoxy) is 2. The summed E-state index contributed by atoms with van der Waals surface area (Å²) in [6.45, 7) is 6.04. The van der Waals surface area contributed by atoms with E-state index in [-0.39, 0.29) is 12.2 Å². The van der Waals surface area contributed by atoms with E-state index in [4.69, 9.17) is 18.9 Å². The number of hydrogen-bond acceptors (Lipinski definition) is 8. The van der Waals surface area contributed by atoms with Gasteiger partial charge in [-0.05, 0) is 62.7 Å². The van der Waals surface area contributed by atoms with Crippen molar-refractivity contribution in [1.29, 1.82) is 0 Å². The topological polar surface area (TPSA) is 83.0 Å². The molecule has 0 saturated heterocycles. The SMILES string of the molecule is CCCC1=C(C(=O)OCC)[C@@H](c2cc(Br)ccc2OC)n2c(s/c(=C/c3ccc(Sc4ccc(C)cc4)o3)c2=O)=N1. The van der Waals surface area contributed by atoms with Crippen molar-refractivity contribution in [2.75, 3.05) is 13.7 Å². The third-order valence-corrected chi connectivity index (χ3v) is 8.90. The number of thiazole rings is 1. The van der Waals surface area contributed by atoms with Crippen molar-refractivity contribution in [3.05, 3.63) is 107 Å². The number of aromatic nitrogens is 1. The first-order valence-electron chi connectivity index (χ1n) is 13.2. The second-order valence-electron chi connectivity index (χ2n) is 9.37. The van der Waals surface area contributed by atoms with Gasteiger partial charge in [-0.2, -0.15) is 0 Å². The molecular formula is C31H29BrN2O5S2. The van der Waals surface area contributed by atoms with Gasteiger partial charge >= 0.3 is 5.97 Å². The summed E-state index contributed by atoms with van der Waals surface area (Å²) in [5.41, 5.74) is 2.54. The van der Waals surface area contributed by atoms with Crippen molar-refractivity contribution in [1.82, 2.24) is 4.57 Å². The van der Waals surface area contributed by atoms with Crippen LogP contribution < -0.4 is 19.6 Å². The van der Waals surface area contributed by atoms with Crippen LogP contribution in [0.25, 0.3) is 6.08 Å². The maximum atomic E-state index is 14.0. The monoisotopic (exact) mass is 652 g/mol. The van der Waals surface area contributed by atoms with Crippen LogP contribution in [0.1, 0.15) is 49.6 Å². The first-order chi connectivity index (χ1) is 19.8. The maximum absolute atomic E-state index is 14.0. The molecule has 0 unspecified atom stereocenters. The van der Waals surface area contributed by atoms with Crippen molar-refractivity contribution in [3.8, 4) is 5.75 Å². The number of benzene rings is 2. The van der Waals surface area contributed by atoms with Crippen LogP contribution in [0.3, 0.4) is 0 Å². The zero-order valence-electron chi connectivity index (χ0n) is 23.1. The molecule has 0 N–H and O–H groups in total. The summed E-state index contributed by atoms with van der Waals surface area (Å²) >= 11 is 6.33. The first-order valence-corrected chi connectivity index (χ1v) is 15.6. The predicted octanol–water partition coefficient (Wildman–Crippen LogP) is 6.40. The van der Waals surface area contributed by atoms with Crippen LogP contribution in [0.2, 0.25) is 0 Å². The molecule has 10 heteroatoms. The standard InChI is InChI=1S/C31H29BrN2O5S2/c1-5-7-23-27(30(36)38-6-2)28(22-16-19(32)10-14-24(22)37-4)34-29(35)25(41-31(34)33-23)17-20-11-15-26(39-20)40-21-12-8-18(3)9-13-21/h8-17,28H,5-7H2,1-4H3/b25-17+/t28-/m1/s1. The molecule has 4 aromatic rings. The molecule has 2 aromatic heterocycles. The molecular weight excluding hydrogens is 624 g/mol. The molecule has 1 atom stereocenters. The van der Waals surface area contributed by atoms with Crippen molar-refractivity contribution in [2.45, 2.75) is 49.6 Å². The lowest BCUT2D eigenvalue weighted by atomic mass is 9.93. The van der Waals surface area contributed by atoms with Gasteiger partial charge in [0.15, 0.2) is 9.89 Å². The maximum Gasteiger partial charge on any atom is 0.338 e. The highest BCUT2D eigenvalue weighted by Gasteiger charge is 2.36. The third-order valence-electron chi connectivity index (χ3n) is 6.49. The van der Waals surface area contributed by atoms with E-state index in [9.17, 15) is 9.59 Å². The number of rotatable bonds is 9. The Morgan fingerprint density at radius 2 is 1.95 bits per heavy atom. The Morgan fingerprint density at radius 1 is 1.17 bits per heavy atom. The van der Waals surface area contributed by atoms with E-state index in [1.165, 1.54) is 28.7 Å². The molecule has 0 amide bonds. The highest BCUT2D eigenvalue weighted by molar-refractivity contribution is 9.10. The van der Waals surface area contributed by atoms with E-state index in [2.05, 4.69) is 28.1 Å². The molecule has 0 spiro atoms. The number of allylic oxidation sites excluding steroid dienone is 1. The Hall–Kier alpha value is -3.34. The molecule has 212 valence electrons. The molecule has 0 radical (unpaired) electrons. The second-order valence-corrected chi connectivity index (χ2v) is 12.4. The number of carbonyl (C=O) groups is 1. The Labute approximate surface area is 254 Å². The normalized spacial score (nSPS) is 15.0. The van der Waals surface area contributed by atoms with Gasteiger partial charge in [-0.3, -0.25) is 9.36 Å². The molecule has 5 rings (SSSR count). The lowest BCUT2D eigenvalue weighted by Crippen LogP contribution is -2.40. The minimum Gasteiger partial charge on any atom is -0.496 e. The van der Waals surface area contributed by atoms with Crippen LogP contribution in [0.15, 0.2) is 94.5 Å². The fourth-order valence-corrected chi connectivity index (χ4v) is 6.81. The summed E-state index contributed by atoms with van der Waals surface area (Å²) in [5.74, 6) is 0.612. The highest BCUT2D eigenvalue weighted by Crippen LogP contribution is 2.38. The molecule has 1 aliphatic rings. The Bertz CT molecular complexity index is 1800. The van der Waals surface area contributed by atoms with Crippen LogP contribution in [0.5, 0.6) is 5.75 Å². The average Bonchev–Trinajstić information content (AvgIpc) is 3.52. The van der Waals surface area contributed by atoms with E-state index in [0.717, 1.165) is 20.9 Å². The fourth-order valence-electron chi connectivity index (χ4n) is 4.65. The van der Waals surface area contributed by atoms with Gasteiger partial charge in [-0.1, -0.05) is 70.1 Å². The lowest BCUT2D eigenvalue weighted by molar-refractivity contribution is -0.139. The van der Waals surface area contributed by atoms with E-state index in [0.29, 0.717) is 44.1 Å². The Kier molecular flexibility index (Phi) is 9.01. The van der Waals surface area contributed by atoms with Gasteiger partial charge in [0, 0.05) is 21.0 Å². The van der Waals surface area contributed by atoms with Crippen LogP contribution in [0, 0.1) is 6.92 Å². The largest absolute Gasteiger partial charge is 0.496 e. The summed E-state index contributed by atoms with van der Waals surface area (Å²) in [6, 6.07) is 16.7. The average molecular weight is 654 g/mol. The smallest absolute Gasteiger partial charge is 0.338 e. The van der Waals surface area contributed by atoms with Crippen LogP contribution >= 0.6 is 39.0 Å². The minimum absolute atomic E-state index is 0.204. The van der Waals surface area contributed by atoms with Gasteiger partial charge in [0.2, 0.25) is 0 Å². The summed E-state index contributed by atoms with van der Waals surface area (Å²) in [7, 11) is 1.57. The molecule has 0 saturated carbocycles. The second kappa shape index (κ2) is 12.7. The van der Waals surface area contributed by atoms with Gasteiger partial charge in [-0.25, -0.2) is 9.79 Å². The number of fused-ring (bicyclic) bond motifs is 1. The number of hydrogen-bond donors (Lipinski definition) is 0. The lowest BCUT2D eigenvalue weighted by Gasteiger charge is -2.27. The van der Waals surface area contributed by atoms with Crippen LogP contribution in [-0.2, 0) is 9.53 Å². The number of aryl methyl sites for hydroxylation is 1. The molecule has 41 heavy (non-hydrogen) atoms. The van der Waals surface area contributed by atoms with Gasteiger partial charge in [0.05, 0.1) is 29.5 Å². The van der Waals surface area contributed by atoms with Crippen molar-refractivity contribution >= 4 is 51.1 Å². The zero-order valence-corrected chi connectivity index (χ0v) is 26.3. The summed E-state index contributed by atoms with van der Waals surface area (Å²) in [5, 5.41) is 0.722. The molecule has 0 bridgehead atoms. The number of esters is 1. The summed E-state index contributed by atoms with van der Waals surface area (Å²) < 4.78 is 20.0. The number of carbonyl (C=O) groups excluding carboxylic acids is 1. The number of methoxy groups -OCH3 is 1. The van der Waals surface area contributed by atoms with Gasteiger partial charge in [-0.15, -0.1) is 0 Å². The Balaban J connectivity index is 1.65. The van der Waals surface area contributed by atoms with Crippen LogP contribution in [-0.4, -0.2) is 24.3 Å². The Morgan fingerprint density at radius 3 is 2.66 bits per heavy atom. The van der Waals surface area contributed by atoms with Crippen molar-refractivity contribution < 1.29 is 18.7 Å². The third kappa shape index (κ3) is 6.14. The quantitative estimate of drug-likeness (QED) is 0.195. The van der Waals surface area contributed by atoms with E-state index in [1.54, 1.807) is 24.7 Å². The van der Waals surface area contributed by atoms with E-state index < -0.39 is 12.0 Å². The number of halogens is 1. The van der Waals surface area contributed by atoms with Crippen molar-refractivity contribution in [3.63, 3.8) is 0 Å². The molecule has 0 fully saturated rings. The molecule has 3 heterocycles. The summed E-state index contributed by atoms with van der Waals surface area (Å²) in [4.78, 5) is 33.8. The van der Waals surface area contributed by atoms with Gasteiger partial charge in [0.1, 0.15) is 17.6 Å². The number of nitrogens with zero attached hydrogens (tertiary/aromatic N) is 2. The number of furan rings is 1. The highest BCUT2D eigenvalue weighted by atomic mass is 79.9. The fraction of sp³-hybridized carbons (Fsp3) is 0.258. The van der Waals surface area contributed by atoms with Gasteiger partial charge < -0.3 is 13.9 Å². The van der Waals surface area contributed by atoms with Gasteiger partial charge in [0.25, 0.3) is 5.56 Å². The summed E-state index contributed by atoms with van der Waals surface area (Å²) in [6.07, 6.45) is 3.06. The van der Waals surface area contributed by atoms with Crippen LogP contribution in [0.4, 0.5) is 0 Å². The minimum atomic E-state index is -0.772.